The van der Waals surface area contributed by atoms with Crippen LogP contribution in [0.4, 0.5) is 4.39 Å². The van der Waals surface area contributed by atoms with Crippen molar-refractivity contribution in [2.75, 3.05) is 0 Å². The molecule has 2 nitrogen and oxygen atoms in total. The van der Waals surface area contributed by atoms with Gasteiger partial charge in [0.15, 0.2) is 0 Å². The third-order valence-corrected chi connectivity index (χ3v) is 3.84. The number of hydrogen-bond donors (Lipinski definition) is 1. The molecule has 0 unspecified atom stereocenters. The highest BCUT2D eigenvalue weighted by Crippen LogP contribution is 2.32. The van der Waals surface area contributed by atoms with E-state index in [1.807, 2.05) is 18.2 Å². The lowest BCUT2D eigenvalue weighted by Gasteiger charge is -2.15. The third-order valence-electron chi connectivity index (χ3n) is 2.88. The maximum atomic E-state index is 13.3. The van der Waals surface area contributed by atoms with E-state index in [2.05, 4.69) is 35.1 Å². The molecule has 112 valence electrons. The zero-order chi connectivity index (χ0) is 15.4. The van der Waals surface area contributed by atoms with Crippen LogP contribution in [0, 0.1) is 5.82 Å². The maximum Gasteiger partial charge on any atom is 0.137 e. The Bertz CT molecular complexity index is 634. The summed E-state index contributed by atoms with van der Waals surface area (Å²) in [6, 6.07) is 10.4. The lowest BCUT2D eigenvalue weighted by molar-refractivity contribution is 0.467. The molecule has 0 atom stereocenters. The van der Waals surface area contributed by atoms with E-state index < -0.39 is 0 Å². The van der Waals surface area contributed by atoms with Gasteiger partial charge in [0.25, 0.3) is 0 Å². The standard InChI is InChI=1S/C16H16BrClFNO/c1-10(2)20-9-12-14(18)4-3-5-16(12)21-11-6-7-15(19)13(17)8-11/h3-8,10,20H,9H2,1-2H3. The molecule has 5 heteroatoms. The molecular weight excluding hydrogens is 357 g/mol. The topological polar surface area (TPSA) is 21.3 Å². The second kappa shape index (κ2) is 7.25. The molecule has 0 aliphatic rings. The van der Waals surface area contributed by atoms with Crippen LogP contribution in [0.5, 0.6) is 11.5 Å². The van der Waals surface area contributed by atoms with Crippen LogP contribution in [0.1, 0.15) is 19.4 Å². The fraction of sp³-hybridized carbons (Fsp3) is 0.250. The summed E-state index contributed by atoms with van der Waals surface area (Å²) >= 11 is 9.40. The Kier molecular flexibility index (Phi) is 5.62. The molecule has 0 aliphatic heterocycles. The van der Waals surface area contributed by atoms with E-state index in [4.69, 9.17) is 16.3 Å². The summed E-state index contributed by atoms with van der Waals surface area (Å²) in [7, 11) is 0. The second-order valence-corrected chi connectivity index (χ2v) is 6.19. The zero-order valence-corrected chi connectivity index (χ0v) is 14.1. The van der Waals surface area contributed by atoms with Gasteiger partial charge >= 0.3 is 0 Å². The van der Waals surface area contributed by atoms with Crippen LogP contribution in [0.25, 0.3) is 0 Å². The minimum atomic E-state index is -0.324. The lowest BCUT2D eigenvalue weighted by Crippen LogP contribution is -2.22. The van der Waals surface area contributed by atoms with Crippen molar-refractivity contribution in [1.29, 1.82) is 0 Å². The number of ether oxygens (including phenoxy) is 1. The largest absolute Gasteiger partial charge is 0.457 e. The predicted molar refractivity (Wildman–Crippen MR) is 87.6 cm³/mol. The Balaban J connectivity index is 2.26. The molecule has 0 aliphatic carbocycles. The van der Waals surface area contributed by atoms with Gasteiger partial charge in [-0.15, -0.1) is 0 Å². The Morgan fingerprint density at radius 3 is 2.71 bits per heavy atom. The van der Waals surface area contributed by atoms with Gasteiger partial charge in [-0.05, 0) is 46.3 Å². The molecule has 2 aromatic rings. The van der Waals surface area contributed by atoms with Crippen molar-refractivity contribution < 1.29 is 9.13 Å². The number of rotatable bonds is 5. The SMILES string of the molecule is CC(C)NCc1c(Cl)cccc1Oc1ccc(F)c(Br)c1. The van der Waals surface area contributed by atoms with Crippen LogP contribution in [-0.2, 0) is 6.54 Å². The molecule has 0 amide bonds. The Morgan fingerprint density at radius 2 is 2.05 bits per heavy atom. The summed E-state index contributed by atoms with van der Waals surface area (Å²) in [6.45, 7) is 4.73. The summed E-state index contributed by atoms with van der Waals surface area (Å²) in [5, 5.41) is 3.96. The van der Waals surface area contributed by atoms with Gasteiger partial charge in [-0.1, -0.05) is 31.5 Å². The summed E-state index contributed by atoms with van der Waals surface area (Å²) in [6.07, 6.45) is 0. The van der Waals surface area contributed by atoms with Crippen LogP contribution in [0.15, 0.2) is 40.9 Å². The molecule has 21 heavy (non-hydrogen) atoms. The number of benzene rings is 2. The minimum absolute atomic E-state index is 0.324. The van der Waals surface area contributed by atoms with E-state index in [1.54, 1.807) is 12.1 Å². The lowest BCUT2D eigenvalue weighted by atomic mass is 10.2. The first-order chi connectivity index (χ1) is 9.97. The van der Waals surface area contributed by atoms with Crippen LogP contribution >= 0.6 is 27.5 Å². The Hall–Kier alpha value is -1.10. The predicted octanol–water partition coefficient (Wildman–Crippen LogP) is 5.53. The van der Waals surface area contributed by atoms with E-state index >= 15 is 0 Å². The number of hydrogen-bond acceptors (Lipinski definition) is 2. The van der Waals surface area contributed by atoms with Gasteiger partial charge in [-0.3, -0.25) is 0 Å². The molecule has 0 aromatic heterocycles. The third kappa shape index (κ3) is 4.43. The Labute approximate surface area is 137 Å². The monoisotopic (exact) mass is 371 g/mol. The van der Waals surface area contributed by atoms with Gasteiger partial charge in [0.2, 0.25) is 0 Å². The molecule has 2 aromatic carbocycles. The van der Waals surface area contributed by atoms with Crippen LogP contribution in [0.3, 0.4) is 0 Å². The van der Waals surface area contributed by atoms with Crippen molar-refractivity contribution in [3.05, 3.63) is 57.3 Å². The molecule has 0 bridgehead atoms. The summed E-state index contributed by atoms with van der Waals surface area (Å²) in [5.41, 5.74) is 0.883. The molecule has 1 N–H and O–H groups in total. The van der Waals surface area contributed by atoms with Crippen LogP contribution < -0.4 is 10.1 Å². The van der Waals surface area contributed by atoms with Gasteiger partial charge in [-0.2, -0.15) is 0 Å². The van der Waals surface area contributed by atoms with E-state index in [0.29, 0.717) is 33.6 Å². The summed E-state index contributed by atoms with van der Waals surface area (Å²) in [4.78, 5) is 0. The van der Waals surface area contributed by atoms with Crippen molar-refractivity contribution in [2.45, 2.75) is 26.4 Å². The highest BCUT2D eigenvalue weighted by Gasteiger charge is 2.10. The van der Waals surface area contributed by atoms with E-state index in [1.165, 1.54) is 6.07 Å². The molecule has 0 radical (unpaired) electrons. The summed E-state index contributed by atoms with van der Waals surface area (Å²) in [5.74, 6) is 0.889. The van der Waals surface area contributed by atoms with Crippen molar-refractivity contribution >= 4 is 27.5 Å². The van der Waals surface area contributed by atoms with Crippen molar-refractivity contribution in [2.24, 2.45) is 0 Å². The Morgan fingerprint density at radius 1 is 1.29 bits per heavy atom. The van der Waals surface area contributed by atoms with E-state index in [9.17, 15) is 4.39 Å². The van der Waals surface area contributed by atoms with Crippen LogP contribution in [0.2, 0.25) is 5.02 Å². The quantitative estimate of drug-likeness (QED) is 0.745. The number of nitrogens with one attached hydrogen (secondary N) is 1. The fourth-order valence-electron chi connectivity index (χ4n) is 1.78. The van der Waals surface area contributed by atoms with Gasteiger partial charge in [0, 0.05) is 23.2 Å². The molecule has 0 fully saturated rings. The highest BCUT2D eigenvalue weighted by molar-refractivity contribution is 9.10. The molecule has 0 saturated heterocycles. The normalized spacial score (nSPS) is 11.0. The minimum Gasteiger partial charge on any atom is -0.457 e. The molecule has 0 spiro atoms. The molecule has 2 rings (SSSR count). The van der Waals surface area contributed by atoms with Crippen molar-refractivity contribution in [3.63, 3.8) is 0 Å². The highest BCUT2D eigenvalue weighted by atomic mass is 79.9. The van der Waals surface area contributed by atoms with Gasteiger partial charge in [-0.25, -0.2) is 4.39 Å². The molecule has 0 heterocycles. The fourth-order valence-corrected chi connectivity index (χ4v) is 2.37. The molecule has 0 saturated carbocycles. The first-order valence-electron chi connectivity index (χ1n) is 6.61. The van der Waals surface area contributed by atoms with Crippen molar-refractivity contribution in [3.8, 4) is 11.5 Å². The second-order valence-electron chi connectivity index (χ2n) is 4.93. The van der Waals surface area contributed by atoms with Crippen LogP contribution in [-0.4, -0.2) is 6.04 Å². The molecular formula is C16H16BrClFNO. The first kappa shape index (κ1) is 16.3. The zero-order valence-electron chi connectivity index (χ0n) is 11.8. The van der Waals surface area contributed by atoms with Crippen molar-refractivity contribution in [1.82, 2.24) is 5.32 Å². The van der Waals surface area contributed by atoms with Gasteiger partial charge < -0.3 is 10.1 Å². The van der Waals surface area contributed by atoms with Gasteiger partial charge in [0.1, 0.15) is 17.3 Å². The first-order valence-corrected chi connectivity index (χ1v) is 7.78. The van der Waals surface area contributed by atoms with E-state index in [0.717, 1.165) is 5.56 Å². The average Bonchev–Trinajstić information content (AvgIpc) is 2.42. The average molecular weight is 373 g/mol. The smallest absolute Gasteiger partial charge is 0.137 e. The van der Waals surface area contributed by atoms with Gasteiger partial charge in [0.05, 0.1) is 4.47 Å². The maximum absolute atomic E-state index is 13.3. The summed E-state index contributed by atoms with van der Waals surface area (Å²) < 4.78 is 19.5. The number of halogens is 3. The van der Waals surface area contributed by atoms with E-state index in [-0.39, 0.29) is 5.82 Å².